The summed E-state index contributed by atoms with van der Waals surface area (Å²) in [6, 6.07) is 4.40. The fourth-order valence-corrected chi connectivity index (χ4v) is 6.12. The van der Waals surface area contributed by atoms with E-state index < -0.39 is 11.0 Å². The zero-order chi connectivity index (χ0) is 23.2. The van der Waals surface area contributed by atoms with Gasteiger partial charge >= 0.3 is 0 Å². The summed E-state index contributed by atoms with van der Waals surface area (Å²) in [6.45, 7) is 1.69. The highest BCUT2D eigenvalue weighted by Gasteiger charge is 2.48. The molecule has 3 fully saturated rings. The second kappa shape index (κ2) is 8.69. The summed E-state index contributed by atoms with van der Waals surface area (Å²) >= 11 is 2.50. The Hall–Kier alpha value is -1.93. The molecule has 3 aliphatic rings. The zero-order valence-corrected chi connectivity index (χ0v) is 20.3. The molecule has 0 bridgehead atoms. The molecule has 2 aliphatic carbocycles. The SMILES string of the molecule is CN1CCC(c2cc(SNC3(CF)CC3)cn3c(C(=N)SC(=N)C4(C#N)CC4)cnc23)CC1. The number of halogens is 1. The van der Waals surface area contributed by atoms with Gasteiger partial charge in [0.05, 0.1) is 28.5 Å². The lowest BCUT2D eigenvalue weighted by Crippen LogP contribution is -2.29. The first-order valence-electron chi connectivity index (χ1n) is 11.4. The zero-order valence-electron chi connectivity index (χ0n) is 18.7. The van der Waals surface area contributed by atoms with Crippen LogP contribution < -0.4 is 4.72 Å². The van der Waals surface area contributed by atoms with E-state index in [1.165, 1.54) is 11.9 Å². The van der Waals surface area contributed by atoms with Gasteiger partial charge in [0, 0.05) is 11.1 Å². The summed E-state index contributed by atoms with van der Waals surface area (Å²) in [5, 5.41) is 26.9. The number of rotatable bonds is 7. The van der Waals surface area contributed by atoms with Gasteiger partial charge in [-0.15, -0.1) is 0 Å². The predicted molar refractivity (Wildman–Crippen MR) is 131 cm³/mol. The van der Waals surface area contributed by atoms with Crippen molar-refractivity contribution in [1.29, 1.82) is 16.1 Å². The molecule has 174 valence electrons. The smallest absolute Gasteiger partial charge is 0.140 e. The highest BCUT2D eigenvalue weighted by molar-refractivity contribution is 8.26. The monoisotopic (exact) mass is 485 g/mol. The number of imidazole rings is 1. The van der Waals surface area contributed by atoms with Crippen LogP contribution >= 0.6 is 23.7 Å². The molecule has 2 saturated carbocycles. The van der Waals surface area contributed by atoms with Gasteiger partial charge in [0.1, 0.15) is 22.8 Å². The van der Waals surface area contributed by atoms with Gasteiger partial charge in [-0.3, -0.25) is 19.9 Å². The largest absolute Gasteiger partial charge is 0.306 e. The summed E-state index contributed by atoms with van der Waals surface area (Å²) in [5.41, 5.74) is 1.52. The van der Waals surface area contributed by atoms with Gasteiger partial charge in [-0.05, 0) is 88.2 Å². The van der Waals surface area contributed by atoms with Crippen molar-refractivity contribution in [3.8, 4) is 6.07 Å². The van der Waals surface area contributed by atoms with E-state index in [0.717, 1.165) is 66.6 Å². The average Bonchev–Trinajstić information content (AvgIpc) is 3.74. The van der Waals surface area contributed by atoms with Gasteiger partial charge < -0.3 is 4.90 Å². The number of nitrogens with zero attached hydrogens (tertiary/aromatic N) is 4. The normalized spacial score (nSPS) is 21.6. The number of aromatic nitrogens is 2. The summed E-state index contributed by atoms with van der Waals surface area (Å²) in [5.74, 6) is 0.379. The number of nitriles is 1. The molecular weight excluding hydrogens is 457 g/mol. The number of pyridine rings is 1. The van der Waals surface area contributed by atoms with Crippen LogP contribution in [-0.4, -0.2) is 56.7 Å². The standard InChI is InChI=1S/C23H28FN7S2/c1-30-8-2-15(3-9-30)17-10-16(33-29-23(13-24)6-7-23)12-31-18(11-28-20(17)31)19(26)32-21(27)22(14-25)4-5-22/h10-12,15,26-27,29H,2-9,13H2,1H3. The quantitative estimate of drug-likeness (QED) is 0.301. The molecule has 0 spiro atoms. The van der Waals surface area contributed by atoms with E-state index in [4.69, 9.17) is 10.8 Å². The predicted octanol–water partition coefficient (Wildman–Crippen LogP) is 4.58. The molecule has 5 rings (SSSR count). The van der Waals surface area contributed by atoms with Crippen molar-refractivity contribution < 1.29 is 4.39 Å². The maximum atomic E-state index is 13.4. The second-order valence-corrected chi connectivity index (χ2v) is 11.5. The van der Waals surface area contributed by atoms with Gasteiger partial charge in [-0.2, -0.15) is 5.26 Å². The molecule has 2 aromatic rings. The molecule has 2 aromatic heterocycles. The Bertz CT molecular complexity index is 1140. The third-order valence-corrected chi connectivity index (χ3v) is 9.10. The number of hydrogen-bond acceptors (Lipinski definition) is 8. The molecule has 3 heterocycles. The van der Waals surface area contributed by atoms with E-state index in [-0.39, 0.29) is 16.8 Å². The van der Waals surface area contributed by atoms with Crippen molar-refractivity contribution in [1.82, 2.24) is 19.0 Å². The van der Waals surface area contributed by atoms with Gasteiger partial charge in [0.15, 0.2) is 0 Å². The van der Waals surface area contributed by atoms with E-state index in [1.54, 1.807) is 6.20 Å². The van der Waals surface area contributed by atoms with E-state index in [1.807, 2.05) is 10.6 Å². The van der Waals surface area contributed by atoms with E-state index >= 15 is 0 Å². The van der Waals surface area contributed by atoms with Crippen LogP contribution in [-0.2, 0) is 0 Å². The molecule has 1 saturated heterocycles. The van der Waals surface area contributed by atoms with Crippen LogP contribution in [0.15, 0.2) is 23.4 Å². The Labute approximate surface area is 201 Å². The number of alkyl halides is 1. The Kier molecular flexibility index (Phi) is 6.02. The maximum Gasteiger partial charge on any atom is 0.140 e. The number of thioether (sulfide) groups is 1. The molecule has 0 unspecified atom stereocenters. The number of fused-ring (bicyclic) bond motifs is 1. The lowest BCUT2D eigenvalue weighted by Gasteiger charge is -2.29. The molecular formula is C23H28FN7S2. The minimum atomic E-state index is -0.702. The molecule has 0 radical (unpaired) electrons. The average molecular weight is 486 g/mol. The van der Waals surface area contributed by atoms with Gasteiger partial charge in [-0.25, -0.2) is 9.37 Å². The second-order valence-electron chi connectivity index (χ2n) is 9.62. The van der Waals surface area contributed by atoms with Crippen molar-refractivity contribution in [2.45, 2.75) is 54.9 Å². The van der Waals surface area contributed by atoms with Crippen LogP contribution in [0.25, 0.3) is 5.65 Å². The van der Waals surface area contributed by atoms with Crippen molar-refractivity contribution in [2.24, 2.45) is 5.41 Å². The van der Waals surface area contributed by atoms with Crippen LogP contribution in [0.5, 0.6) is 0 Å². The molecule has 33 heavy (non-hydrogen) atoms. The summed E-state index contributed by atoms with van der Waals surface area (Å²) < 4.78 is 18.7. The van der Waals surface area contributed by atoms with Crippen LogP contribution in [0.4, 0.5) is 4.39 Å². The summed E-state index contributed by atoms with van der Waals surface area (Å²) in [4.78, 5) is 8.00. The van der Waals surface area contributed by atoms with Crippen LogP contribution in [0.1, 0.15) is 55.7 Å². The topological polar surface area (TPSA) is 104 Å². The van der Waals surface area contributed by atoms with Crippen LogP contribution in [0.2, 0.25) is 0 Å². The first-order chi connectivity index (χ1) is 15.9. The molecule has 0 amide bonds. The summed E-state index contributed by atoms with van der Waals surface area (Å²) in [7, 11) is 2.14. The first kappa shape index (κ1) is 22.8. The van der Waals surface area contributed by atoms with E-state index in [2.05, 4.69) is 33.8 Å². The van der Waals surface area contributed by atoms with Gasteiger partial charge in [-0.1, -0.05) is 11.8 Å². The van der Waals surface area contributed by atoms with E-state index in [9.17, 15) is 9.65 Å². The highest BCUT2D eigenvalue weighted by Crippen LogP contribution is 2.49. The Balaban J connectivity index is 1.46. The highest BCUT2D eigenvalue weighted by atomic mass is 32.2. The first-order valence-corrected chi connectivity index (χ1v) is 13.0. The molecule has 0 aromatic carbocycles. The molecule has 10 heteroatoms. The number of nitrogens with one attached hydrogen (secondary N) is 3. The van der Waals surface area contributed by atoms with Crippen LogP contribution in [0.3, 0.4) is 0 Å². The van der Waals surface area contributed by atoms with E-state index in [0.29, 0.717) is 24.5 Å². The van der Waals surface area contributed by atoms with Crippen molar-refractivity contribution in [3.63, 3.8) is 0 Å². The fraction of sp³-hybridized carbons (Fsp3) is 0.565. The lowest BCUT2D eigenvalue weighted by molar-refractivity contribution is 0.255. The number of piperidine rings is 1. The van der Waals surface area contributed by atoms with Crippen molar-refractivity contribution in [3.05, 3.63) is 29.7 Å². The Morgan fingerprint density at radius 3 is 2.64 bits per heavy atom. The lowest BCUT2D eigenvalue weighted by atomic mass is 9.90. The maximum absolute atomic E-state index is 13.4. The summed E-state index contributed by atoms with van der Waals surface area (Å²) in [6.07, 6.45) is 8.84. The molecule has 3 N–H and O–H groups in total. The Morgan fingerprint density at radius 2 is 2.03 bits per heavy atom. The van der Waals surface area contributed by atoms with Crippen molar-refractivity contribution in [2.75, 3.05) is 26.8 Å². The van der Waals surface area contributed by atoms with Crippen molar-refractivity contribution >= 4 is 39.4 Å². The number of likely N-dealkylation sites (tertiary alicyclic amines) is 1. The third-order valence-electron chi connectivity index (χ3n) is 7.10. The minimum absolute atomic E-state index is 0.223. The molecule has 1 aliphatic heterocycles. The van der Waals surface area contributed by atoms with Gasteiger partial charge in [0.2, 0.25) is 0 Å². The van der Waals surface area contributed by atoms with Crippen LogP contribution in [0, 0.1) is 27.6 Å². The molecule has 7 nitrogen and oxygen atoms in total. The third kappa shape index (κ3) is 4.44. The minimum Gasteiger partial charge on any atom is -0.306 e. The van der Waals surface area contributed by atoms with Gasteiger partial charge in [0.25, 0.3) is 0 Å². The molecule has 0 atom stereocenters. The number of hydrogen-bond donors (Lipinski definition) is 3. The fourth-order valence-electron chi connectivity index (χ4n) is 4.28. The Morgan fingerprint density at radius 1 is 1.30 bits per heavy atom.